The zero-order valence-electron chi connectivity index (χ0n) is 20.6. The van der Waals surface area contributed by atoms with Gasteiger partial charge in [0, 0.05) is 24.9 Å². The van der Waals surface area contributed by atoms with Gasteiger partial charge in [-0.15, -0.1) is 0 Å². The Morgan fingerprint density at radius 1 is 1.03 bits per heavy atom. The van der Waals surface area contributed by atoms with E-state index in [9.17, 15) is 13.2 Å². The molecule has 190 valence electrons. The molecule has 2 bridgehead atoms. The zero-order valence-corrected chi connectivity index (χ0v) is 23.0. The molecule has 0 fully saturated rings. The van der Waals surface area contributed by atoms with E-state index in [-0.39, 0.29) is 21.8 Å². The summed E-state index contributed by atoms with van der Waals surface area (Å²) in [5.41, 5.74) is 6.15. The van der Waals surface area contributed by atoms with E-state index in [1.807, 2.05) is 11.9 Å². The molecule has 37 heavy (non-hydrogen) atoms. The standard InChI is InChI=1S/C29H28N2O3S3/c1-30(28(35)36-19-31-27(32)23-11-4-7-14-26(23)37(31,33)34)18-8-16-29-17-15-20(21-9-2-5-12-24(21)29)22-10-3-6-13-25(22)29/h2-7,9-14,20H,8,15-19H2,1H3. The summed E-state index contributed by atoms with van der Waals surface area (Å²) in [6.45, 7) is 0.766. The quantitative estimate of drug-likeness (QED) is 0.366. The van der Waals surface area contributed by atoms with Crippen LogP contribution >= 0.6 is 24.0 Å². The van der Waals surface area contributed by atoms with E-state index in [1.165, 1.54) is 46.5 Å². The molecular weight excluding hydrogens is 521 g/mol. The van der Waals surface area contributed by atoms with E-state index < -0.39 is 15.9 Å². The lowest BCUT2D eigenvalue weighted by molar-refractivity contribution is 0.0887. The maximum absolute atomic E-state index is 12.8. The molecule has 3 aliphatic carbocycles. The summed E-state index contributed by atoms with van der Waals surface area (Å²) in [7, 11) is -1.88. The minimum absolute atomic E-state index is 0.0227. The Balaban J connectivity index is 1.12. The molecule has 3 aromatic carbocycles. The lowest BCUT2D eigenvalue weighted by atomic mass is 9.54. The molecule has 3 aromatic rings. The van der Waals surface area contributed by atoms with Gasteiger partial charge in [-0.3, -0.25) is 4.79 Å². The fraction of sp³-hybridized carbons (Fsp3) is 0.310. The average molecular weight is 549 g/mol. The predicted octanol–water partition coefficient (Wildman–Crippen LogP) is 5.74. The van der Waals surface area contributed by atoms with Crippen LogP contribution in [-0.4, -0.2) is 47.3 Å². The molecule has 0 atom stereocenters. The van der Waals surface area contributed by atoms with Gasteiger partial charge < -0.3 is 4.90 Å². The van der Waals surface area contributed by atoms with E-state index in [4.69, 9.17) is 12.2 Å². The maximum Gasteiger partial charge on any atom is 0.269 e. The molecule has 0 aromatic heterocycles. The van der Waals surface area contributed by atoms with Gasteiger partial charge in [-0.1, -0.05) is 84.6 Å². The van der Waals surface area contributed by atoms with Gasteiger partial charge in [-0.2, -0.15) is 0 Å². The minimum Gasteiger partial charge on any atom is -0.361 e. The first-order valence-electron chi connectivity index (χ1n) is 12.6. The summed E-state index contributed by atoms with van der Waals surface area (Å²) < 4.78 is 27.2. The molecule has 0 radical (unpaired) electrons. The SMILES string of the molecule is CN(CCCC12CCC(c3ccccc31)c1ccccc12)C(=S)SCN1C(=O)c2ccccc2S1(=O)=O. The summed E-state index contributed by atoms with van der Waals surface area (Å²) in [6.07, 6.45) is 4.32. The van der Waals surface area contributed by atoms with Crippen molar-refractivity contribution in [1.82, 2.24) is 9.21 Å². The Morgan fingerprint density at radius 2 is 1.65 bits per heavy atom. The van der Waals surface area contributed by atoms with Crippen molar-refractivity contribution in [2.24, 2.45) is 0 Å². The third kappa shape index (κ3) is 3.83. The van der Waals surface area contributed by atoms with Crippen molar-refractivity contribution >= 4 is 44.2 Å². The number of hydrogen-bond donors (Lipinski definition) is 0. The fourth-order valence-electron chi connectivity index (χ4n) is 6.44. The van der Waals surface area contributed by atoms with Crippen molar-refractivity contribution in [3.63, 3.8) is 0 Å². The van der Waals surface area contributed by atoms with Gasteiger partial charge in [0.05, 0.1) is 11.4 Å². The number of rotatable bonds is 6. The molecule has 5 nitrogen and oxygen atoms in total. The first kappa shape index (κ1) is 24.6. The number of carbonyl (C=O) groups is 1. The van der Waals surface area contributed by atoms with Crippen LogP contribution in [0.3, 0.4) is 0 Å². The largest absolute Gasteiger partial charge is 0.361 e. The van der Waals surface area contributed by atoms with Crippen molar-refractivity contribution in [3.8, 4) is 0 Å². The number of amides is 1. The van der Waals surface area contributed by atoms with Crippen LogP contribution in [0.5, 0.6) is 0 Å². The summed E-state index contributed by atoms with van der Waals surface area (Å²) in [4.78, 5) is 14.8. The van der Waals surface area contributed by atoms with E-state index in [0.717, 1.165) is 30.1 Å². The van der Waals surface area contributed by atoms with Gasteiger partial charge in [0.25, 0.3) is 15.9 Å². The molecule has 0 N–H and O–H groups in total. The number of thiocarbonyl (C=S) groups is 1. The van der Waals surface area contributed by atoms with E-state index >= 15 is 0 Å². The topological polar surface area (TPSA) is 57.7 Å². The summed E-state index contributed by atoms with van der Waals surface area (Å²) >= 11 is 6.84. The Hall–Kier alpha value is -2.68. The van der Waals surface area contributed by atoms with Crippen LogP contribution in [0.25, 0.3) is 0 Å². The van der Waals surface area contributed by atoms with Crippen LogP contribution in [-0.2, 0) is 15.4 Å². The van der Waals surface area contributed by atoms with E-state index in [1.54, 1.807) is 18.2 Å². The minimum atomic E-state index is -3.83. The number of carbonyl (C=O) groups excluding carboxylic acids is 1. The molecule has 4 aliphatic rings. The molecule has 1 amide bonds. The lowest BCUT2D eigenvalue weighted by Gasteiger charge is -2.50. The predicted molar refractivity (Wildman–Crippen MR) is 151 cm³/mol. The second-order valence-electron chi connectivity index (χ2n) is 10.1. The van der Waals surface area contributed by atoms with Gasteiger partial charge in [0.15, 0.2) is 0 Å². The average Bonchev–Trinajstić information content (AvgIpc) is 3.12. The van der Waals surface area contributed by atoms with Crippen LogP contribution in [0.15, 0.2) is 77.7 Å². The van der Waals surface area contributed by atoms with Crippen LogP contribution < -0.4 is 0 Å². The Labute approximate surface area is 227 Å². The number of thioether (sulfide) groups is 1. The highest BCUT2D eigenvalue weighted by molar-refractivity contribution is 8.23. The smallest absolute Gasteiger partial charge is 0.269 e. The highest BCUT2D eigenvalue weighted by Gasteiger charge is 2.47. The number of fused-ring (bicyclic) bond motifs is 2. The van der Waals surface area contributed by atoms with Gasteiger partial charge in [0.1, 0.15) is 9.22 Å². The Kier molecular flexibility index (Phi) is 6.17. The molecule has 1 aliphatic heterocycles. The van der Waals surface area contributed by atoms with Gasteiger partial charge in [-0.05, 0) is 60.1 Å². The lowest BCUT2D eigenvalue weighted by Crippen LogP contribution is -2.40. The van der Waals surface area contributed by atoms with Crippen molar-refractivity contribution in [1.29, 1.82) is 0 Å². The number of hydrogen-bond acceptors (Lipinski definition) is 5. The normalized spacial score (nSPS) is 22.4. The summed E-state index contributed by atoms with van der Waals surface area (Å²) in [5, 5.41) is 0. The molecular formula is C29H28N2O3S3. The molecule has 0 spiro atoms. The maximum atomic E-state index is 12.8. The molecule has 0 unspecified atom stereocenters. The Morgan fingerprint density at radius 3 is 2.32 bits per heavy atom. The number of sulfonamides is 1. The fourth-order valence-corrected chi connectivity index (χ4v) is 9.30. The summed E-state index contributed by atoms with van der Waals surface area (Å²) in [6, 6.07) is 24.2. The van der Waals surface area contributed by atoms with Gasteiger partial charge in [0.2, 0.25) is 0 Å². The molecule has 0 saturated heterocycles. The molecule has 1 heterocycles. The highest BCUT2D eigenvalue weighted by Crippen LogP contribution is 2.58. The van der Waals surface area contributed by atoms with Crippen LogP contribution in [0.1, 0.15) is 64.2 Å². The second-order valence-corrected chi connectivity index (χ2v) is 13.5. The van der Waals surface area contributed by atoms with Crippen LogP contribution in [0.2, 0.25) is 0 Å². The zero-order chi connectivity index (χ0) is 25.8. The third-order valence-corrected chi connectivity index (χ3v) is 11.8. The van der Waals surface area contributed by atoms with Crippen molar-refractivity contribution < 1.29 is 13.2 Å². The van der Waals surface area contributed by atoms with Gasteiger partial charge in [-0.25, -0.2) is 12.7 Å². The third-order valence-electron chi connectivity index (χ3n) is 8.19. The van der Waals surface area contributed by atoms with Crippen molar-refractivity contribution in [3.05, 3.63) is 101 Å². The van der Waals surface area contributed by atoms with Crippen molar-refractivity contribution in [2.45, 2.75) is 41.9 Å². The number of nitrogens with zero attached hydrogens (tertiary/aromatic N) is 2. The van der Waals surface area contributed by atoms with Crippen molar-refractivity contribution in [2.75, 3.05) is 19.5 Å². The molecule has 8 heteroatoms. The molecule has 0 saturated carbocycles. The Bertz CT molecular complexity index is 1470. The van der Waals surface area contributed by atoms with Gasteiger partial charge >= 0.3 is 0 Å². The van der Waals surface area contributed by atoms with E-state index in [0.29, 0.717) is 10.2 Å². The second kappa shape index (κ2) is 9.26. The summed E-state index contributed by atoms with van der Waals surface area (Å²) in [5.74, 6) is -0.0139. The van der Waals surface area contributed by atoms with Crippen LogP contribution in [0.4, 0.5) is 0 Å². The van der Waals surface area contributed by atoms with E-state index in [2.05, 4.69) is 48.5 Å². The number of benzene rings is 3. The first-order valence-corrected chi connectivity index (χ1v) is 15.4. The van der Waals surface area contributed by atoms with Crippen LogP contribution in [0, 0.1) is 0 Å². The highest BCUT2D eigenvalue weighted by atomic mass is 32.2. The monoisotopic (exact) mass is 548 g/mol. The first-order chi connectivity index (χ1) is 17.8. The molecule has 7 rings (SSSR count).